The lowest BCUT2D eigenvalue weighted by Gasteiger charge is -2.44. The molecule has 1 saturated heterocycles. The Morgan fingerprint density at radius 2 is 2.05 bits per heavy atom. The van der Waals surface area contributed by atoms with Crippen molar-refractivity contribution in [1.29, 1.82) is 0 Å². The first-order valence-electron chi connectivity index (χ1n) is 8.22. The van der Waals surface area contributed by atoms with Gasteiger partial charge in [-0.15, -0.1) is 0 Å². The van der Waals surface area contributed by atoms with Gasteiger partial charge >= 0.3 is 0 Å². The Morgan fingerprint density at radius 3 is 2.68 bits per heavy atom. The molecular formula is C16H33N3. The zero-order valence-corrected chi connectivity index (χ0v) is 13.1. The van der Waals surface area contributed by atoms with Gasteiger partial charge in [0.2, 0.25) is 0 Å². The van der Waals surface area contributed by atoms with Crippen molar-refractivity contribution in [2.24, 2.45) is 17.6 Å². The minimum atomic E-state index is 0.597. The Bertz CT molecular complexity index is 269. The first-order chi connectivity index (χ1) is 9.11. The van der Waals surface area contributed by atoms with Crippen molar-refractivity contribution in [1.82, 2.24) is 9.80 Å². The highest BCUT2D eigenvalue weighted by molar-refractivity contribution is 4.88. The number of hydrogen-bond donors (Lipinski definition) is 1. The summed E-state index contributed by atoms with van der Waals surface area (Å²) in [6.45, 7) is 5.72. The molecule has 0 spiro atoms. The summed E-state index contributed by atoms with van der Waals surface area (Å²) in [6, 6.07) is 1.31. The number of nitrogens with zero attached hydrogens (tertiary/aromatic N) is 2. The standard InChI is InChI=1S/C16H33N3/c1-13-6-4-7-14(10-13)16(11-17)19(3)15-8-5-9-18(2)12-15/h13-16H,4-12,17H2,1-3H3. The Hall–Kier alpha value is -0.120. The summed E-state index contributed by atoms with van der Waals surface area (Å²) in [6.07, 6.45) is 8.28. The van der Waals surface area contributed by atoms with E-state index < -0.39 is 0 Å². The van der Waals surface area contributed by atoms with Gasteiger partial charge in [-0.05, 0) is 58.2 Å². The second-order valence-electron chi connectivity index (χ2n) is 7.06. The SMILES string of the molecule is CC1CCCC(C(CN)N(C)C2CCCN(C)C2)C1. The van der Waals surface area contributed by atoms with Crippen molar-refractivity contribution in [2.45, 2.75) is 57.5 Å². The van der Waals surface area contributed by atoms with E-state index >= 15 is 0 Å². The molecule has 1 saturated carbocycles. The van der Waals surface area contributed by atoms with Gasteiger partial charge < -0.3 is 10.6 Å². The second-order valence-corrected chi connectivity index (χ2v) is 7.06. The van der Waals surface area contributed by atoms with Gasteiger partial charge in [-0.25, -0.2) is 0 Å². The Kier molecular flexibility index (Phi) is 5.67. The Balaban J connectivity index is 1.95. The average molecular weight is 267 g/mol. The van der Waals surface area contributed by atoms with Gasteiger partial charge in [0.15, 0.2) is 0 Å². The summed E-state index contributed by atoms with van der Waals surface area (Å²) in [7, 11) is 4.57. The largest absolute Gasteiger partial charge is 0.329 e. The van der Waals surface area contributed by atoms with Crippen LogP contribution in [-0.2, 0) is 0 Å². The molecule has 4 atom stereocenters. The van der Waals surface area contributed by atoms with Crippen LogP contribution in [0.4, 0.5) is 0 Å². The van der Waals surface area contributed by atoms with Gasteiger partial charge in [-0.3, -0.25) is 4.90 Å². The molecule has 0 aromatic heterocycles. The molecule has 19 heavy (non-hydrogen) atoms. The first-order valence-corrected chi connectivity index (χ1v) is 8.22. The van der Waals surface area contributed by atoms with Crippen molar-refractivity contribution in [2.75, 3.05) is 33.7 Å². The highest BCUT2D eigenvalue weighted by Gasteiger charge is 2.32. The van der Waals surface area contributed by atoms with Crippen LogP contribution in [0.3, 0.4) is 0 Å². The fourth-order valence-electron chi connectivity index (χ4n) is 4.26. The topological polar surface area (TPSA) is 32.5 Å². The summed E-state index contributed by atoms with van der Waals surface area (Å²) in [4.78, 5) is 5.10. The summed E-state index contributed by atoms with van der Waals surface area (Å²) < 4.78 is 0. The molecule has 0 aromatic carbocycles. The number of likely N-dealkylation sites (N-methyl/N-ethyl adjacent to an activating group) is 2. The second kappa shape index (κ2) is 7.05. The molecule has 0 bridgehead atoms. The van der Waals surface area contributed by atoms with Crippen molar-refractivity contribution in [3.8, 4) is 0 Å². The van der Waals surface area contributed by atoms with Crippen LogP contribution in [0.2, 0.25) is 0 Å². The lowest BCUT2D eigenvalue weighted by Crippen LogP contribution is -2.54. The monoisotopic (exact) mass is 267 g/mol. The van der Waals surface area contributed by atoms with E-state index in [1.807, 2.05) is 0 Å². The van der Waals surface area contributed by atoms with Crippen LogP contribution >= 0.6 is 0 Å². The van der Waals surface area contributed by atoms with Gasteiger partial charge in [0.1, 0.15) is 0 Å². The van der Waals surface area contributed by atoms with E-state index in [-0.39, 0.29) is 0 Å². The van der Waals surface area contributed by atoms with E-state index in [2.05, 4.69) is 30.8 Å². The van der Waals surface area contributed by atoms with E-state index in [4.69, 9.17) is 5.73 Å². The predicted octanol–water partition coefficient (Wildman–Crippen LogP) is 2.17. The number of nitrogens with two attached hydrogens (primary N) is 1. The molecule has 2 aliphatic rings. The molecule has 1 aliphatic heterocycles. The summed E-state index contributed by atoms with van der Waals surface area (Å²) in [5, 5.41) is 0. The number of hydrogen-bond acceptors (Lipinski definition) is 3. The molecular weight excluding hydrogens is 234 g/mol. The van der Waals surface area contributed by atoms with E-state index in [9.17, 15) is 0 Å². The zero-order valence-electron chi connectivity index (χ0n) is 13.1. The fraction of sp³-hybridized carbons (Fsp3) is 1.00. The fourth-order valence-corrected chi connectivity index (χ4v) is 4.26. The summed E-state index contributed by atoms with van der Waals surface area (Å²) >= 11 is 0. The summed E-state index contributed by atoms with van der Waals surface area (Å²) in [5.41, 5.74) is 6.14. The third-order valence-corrected chi connectivity index (χ3v) is 5.46. The molecule has 4 unspecified atom stereocenters. The maximum atomic E-state index is 6.14. The summed E-state index contributed by atoms with van der Waals surface area (Å²) in [5.74, 6) is 1.72. The van der Waals surface area contributed by atoms with E-state index in [1.54, 1.807) is 0 Å². The Morgan fingerprint density at radius 1 is 1.26 bits per heavy atom. The van der Waals surface area contributed by atoms with Crippen molar-refractivity contribution in [3.63, 3.8) is 0 Å². The van der Waals surface area contributed by atoms with Crippen molar-refractivity contribution >= 4 is 0 Å². The number of rotatable bonds is 4. The number of likely N-dealkylation sites (tertiary alicyclic amines) is 1. The highest BCUT2D eigenvalue weighted by atomic mass is 15.2. The highest BCUT2D eigenvalue weighted by Crippen LogP contribution is 2.33. The molecule has 0 amide bonds. The van der Waals surface area contributed by atoms with Crippen LogP contribution in [0, 0.1) is 11.8 Å². The van der Waals surface area contributed by atoms with Crippen molar-refractivity contribution < 1.29 is 0 Å². The van der Waals surface area contributed by atoms with Gasteiger partial charge in [0, 0.05) is 25.2 Å². The average Bonchev–Trinajstić information content (AvgIpc) is 2.39. The quantitative estimate of drug-likeness (QED) is 0.847. The molecule has 112 valence electrons. The normalized spacial score (nSPS) is 35.5. The maximum Gasteiger partial charge on any atom is 0.0247 e. The van der Waals surface area contributed by atoms with Crippen LogP contribution in [-0.4, -0.2) is 55.6 Å². The molecule has 3 nitrogen and oxygen atoms in total. The minimum absolute atomic E-state index is 0.597. The van der Waals surface area contributed by atoms with Gasteiger partial charge in [0.25, 0.3) is 0 Å². The van der Waals surface area contributed by atoms with E-state index in [0.29, 0.717) is 12.1 Å². The van der Waals surface area contributed by atoms with Gasteiger partial charge in [-0.1, -0.05) is 19.8 Å². The maximum absolute atomic E-state index is 6.14. The van der Waals surface area contributed by atoms with E-state index in [1.165, 1.54) is 51.6 Å². The smallest absolute Gasteiger partial charge is 0.0247 e. The molecule has 2 N–H and O–H groups in total. The molecule has 0 radical (unpaired) electrons. The van der Waals surface area contributed by atoms with Crippen molar-refractivity contribution in [3.05, 3.63) is 0 Å². The lowest BCUT2D eigenvalue weighted by atomic mass is 9.77. The lowest BCUT2D eigenvalue weighted by molar-refractivity contribution is 0.0575. The number of piperidine rings is 1. The van der Waals surface area contributed by atoms with Crippen LogP contribution in [0.15, 0.2) is 0 Å². The zero-order chi connectivity index (χ0) is 13.8. The molecule has 0 aromatic rings. The van der Waals surface area contributed by atoms with Gasteiger partial charge in [0.05, 0.1) is 0 Å². The third-order valence-electron chi connectivity index (χ3n) is 5.46. The van der Waals surface area contributed by atoms with Crippen LogP contribution in [0.5, 0.6) is 0 Å². The molecule has 1 heterocycles. The molecule has 1 aliphatic carbocycles. The van der Waals surface area contributed by atoms with Gasteiger partial charge in [-0.2, -0.15) is 0 Å². The van der Waals surface area contributed by atoms with E-state index in [0.717, 1.165) is 18.4 Å². The first kappa shape index (κ1) is 15.3. The van der Waals surface area contributed by atoms with Crippen LogP contribution in [0.25, 0.3) is 0 Å². The molecule has 2 rings (SSSR count). The predicted molar refractivity (Wildman–Crippen MR) is 82.2 cm³/mol. The van der Waals surface area contributed by atoms with Crippen LogP contribution in [0.1, 0.15) is 45.4 Å². The van der Waals surface area contributed by atoms with Crippen LogP contribution < -0.4 is 5.73 Å². The Labute approximate surface area is 119 Å². The minimum Gasteiger partial charge on any atom is -0.329 e. The third kappa shape index (κ3) is 3.93. The molecule has 3 heteroatoms. The molecule has 2 fully saturated rings.